The summed E-state index contributed by atoms with van der Waals surface area (Å²) in [6.45, 7) is 1.15. The number of amides is 1. The van der Waals surface area contributed by atoms with Gasteiger partial charge in [-0.05, 0) is 12.1 Å². The molecule has 1 aromatic carbocycles. The number of carbonyl (C=O) groups excluding carboxylic acids is 1. The van der Waals surface area contributed by atoms with Crippen molar-refractivity contribution >= 4 is 11.6 Å². The second-order valence-corrected chi connectivity index (χ2v) is 4.54. The molecule has 2 rings (SSSR count). The number of nitriles is 1. The minimum Gasteiger partial charge on any atom is -0.379 e. The van der Waals surface area contributed by atoms with Crippen LogP contribution in [0.5, 0.6) is 0 Å². The molecule has 0 saturated carbocycles. The molecule has 0 bridgehead atoms. The van der Waals surface area contributed by atoms with Crippen LogP contribution in [-0.2, 0) is 9.53 Å². The summed E-state index contributed by atoms with van der Waals surface area (Å²) >= 11 is 0. The second kappa shape index (κ2) is 6.32. The van der Waals surface area contributed by atoms with E-state index in [9.17, 15) is 4.79 Å². The Morgan fingerprint density at radius 3 is 2.74 bits per heavy atom. The highest BCUT2D eigenvalue weighted by Gasteiger charge is 2.34. The van der Waals surface area contributed by atoms with Crippen LogP contribution in [0.15, 0.2) is 30.3 Å². The van der Waals surface area contributed by atoms with Crippen LogP contribution in [0.3, 0.4) is 0 Å². The van der Waals surface area contributed by atoms with Crippen LogP contribution in [0.4, 0.5) is 5.69 Å². The largest absolute Gasteiger partial charge is 0.379 e. The quantitative estimate of drug-likeness (QED) is 0.871. The molecule has 1 saturated heterocycles. The van der Waals surface area contributed by atoms with Crippen LogP contribution in [0.25, 0.3) is 0 Å². The fraction of sp³-hybridized carbons (Fsp3) is 0.429. The fourth-order valence-corrected chi connectivity index (χ4v) is 2.16. The minimum absolute atomic E-state index is 0.0635. The molecule has 1 fully saturated rings. The van der Waals surface area contributed by atoms with E-state index in [1.54, 1.807) is 4.90 Å². The van der Waals surface area contributed by atoms with E-state index in [1.807, 2.05) is 30.3 Å². The van der Waals surface area contributed by atoms with Crippen LogP contribution in [0, 0.1) is 17.2 Å². The Hall–Kier alpha value is -1.90. The lowest BCUT2D eigenvalue weighted by molar-refractivity contribution is -0.122. The lowest BCUT2D eigenvalue weighted by Crippen LogP contribution is -2.44. The Labute approximate surface area is 112 Å². The van der Waals surface area contributed by atoms with Gasteiger partial charge in [-0.2, -0.15) is 5.26 Å². The Balaban J connectivity index is 2.18. The van der Waals surface area contributed by atoms with Crippen molar-refractivity contribution in [3.8, 4) is 6.07 Å². The molecule has 100 valence electrons. The molecule has 2 unspecified atom stereocenters. The van der Waals surface area contributed by atoms with Crippen molar-refractivity contribution in [3.63, 3.8) is 0 Å². The highest BCUT2D eigenvalue weighted by molar-refractivity contribution is 5.95. The predicted octanol–water partition coefficient (Wildman–Crippen LogP) is 0.907. The molecule has 1 amide bonds. The number of hydrogen-bond acceptors (Lipinski definition) is 4. The number of hydrogen-bond donors (Lipinski definition) is 1. The first-order valence-electron chi connectivity index (χ1n) is 6.30. The lowest BCUT2D eigenvalue weighted by atomic mass is 10.0. The summed E-state index contributed by atoms with van der Waals surface area (Å²) in [5.74, 6) is -0.384. The van der Waals surface area contributed by atoms with Gasteiger partial charge in [-0.15, -0.1) is 0 Å². The highest BCUT2D eigenvalue weighted by atomic mass is 16.5. The standard InChI is InChI=1S/C14H17N3O2/c15-7-4-8-17(11-5-2-1-3-6-11)14(18)12-9-19-10-13(12)16/h1-3,5-6,12-13H,4,8-10,16H2. The number of benzene rings is 1. The zero-order chi connectivity index (χ0) is 13.7. The average molecular weight is 259 g/mol. The second-order valence-electron chi connectivity index (χ2n) is 4.54. The van der Waals surface area contributed by atoms with Gasteiger partial charge in [-0.1, -0.05) is 18.2 Å². The molecular formula is C14H17N3O2. The zero-order valence-corrected chi connectivity index (χ0v) is 10.7. The molecule has 0 spiro atoms. The van der Waals surface area contributed by atoms with Crippen molar-refractivity contribution in [2.24, 2.45) is 11.7 Å². The molecule has 1 heterocycles. The SMILES string of the molecule is N#CCCN(C(=O)C1COCC1N)c1ccccc1. The summed E-state index contributed by atoms with van der Waals surface area (Å²) in [7, 11) is 0. The van der Waals surface area contributed by atoms with Gasteiger partial charge in [0, 0.05) is 18.3 Å². The first-order valence-corrected chi connectivity index (χ1v) is 6.30. The molecule has 0 aromatic heterocycles. The van der Waals surface area contributed by atoms with Crippen molar-refractivity contribution < 1.29 is 9.53 Å². The maximum atomic E-state index is 12.5. The van der Waals surface area contributed by atoms with E-state index in [2.05, 4.69) is 6.07 Å². The van der Waals surface area contributed by atoms with Gasteiger partial charge in [0.05, 0.1) is 31.6 Å². The third kappa shape index (κ3) is 3.11. The van der Waals surface area contributed by atoms with E-state index < -0.39 is 0 Å². The Morgan fingerprint density at radius 2 is 2.16 bits per heavy atom. The molecule has 1 aliphatic heterocycles. The number of rotatable bonds is 4. The normalized spacial score (nSPS) is 21.9. The Kier molecular flexibility index (Phi) is 4.50. The van der Waals surface area contributed by atoms with E-state index in [1.165, 1.54) is 0 Å². The van der Waals surface area contributed by atoms with Crippen LogP contribution < -0.4 is 10.6 Å². The van der Waals surface area contributed by atoms with Crippen molar-refractivity contribution in [1.29, 1.82) is 5.26 Å². The number of anilines is 1. The topological polar surface area (TPSA) is 79.3 Å². The minimum atomic E-state index is -0.320. The molecule has 2 atom stereocenters. The van der Waals surface area contributed by atoms with Crippen molar-refractivity contribution in [3.05, 3.63) is 30.3 Å². The predicted molar refractivity (Wildman–Crippen MR) is 71.3 cm³/mol. The summed E-state index contributed by atoms with van der Waals surface area (Å²) in [4.78, 5) is 14.1. The number of carbonyl (C=O) groups is 1. The van der Waals surface area contributed by atoms with Crippen molar-refractivity contribution in [2.45, 2.75) is 12.5 Å². The molecule has 2 N–H and O–H groups in total. The van der Waals surface area contributed by atoms with Crippen molar-refractivity contribution in [2.75, 3.05) is 24.7 Å². The summed E-state index contributed by atoms with van der Waals surface area (Å²) in [5, 5.41) is 8.72. The number of ether oxygens (including phenoxy) is 1. The van der Waals surface area contributed by atoms with Crippen LogP contribution >= 0.6 is 0 Å². The van der Waals surface area contributed by atoms with Gasteiger partial charge in [0.1, 0.15) is 0 Å². The number of nitrogens with zero attached hydrogens (tertiary/aromatic N) is 2. The molecule has 0 aliphatic carbocycles. The molecule has 5 nitrogen and oxygen atoms in total. The first-order chi connectivity index (χ1) is 9.24. The average Bonchev–Trinajstić information content (AvgIpc) is 2.86. The van der Waals surface area contributed by atoms with E-state index >= 15 is 0 Å². The molecule has 0 radical (unpaired) electrons. The van der Waals surface area contributed by atoms with E-state index in [4.69, 9.17) is 15.7 Å². The van der Waals surface area contributed by atoms with Gasteiger partial charge in [0.25, 0.3) is 0 Å². The molecule has 5 heteroatoms. The first kappa shape index (κ1) is 13.5. The molecule has 19 heavy (non-hydrogen) atoms. The van der Waals surface area contributed by atoms with Gasteiger partial charge in [0.2, 0.25) is 5.91 Å². The van der Waals surface area contributed by atoms with Crippen LogP contribution in [0.1, 0.15) is 6.42 Å². The monoisotopic (exact) mass is 259 g/mol. The van der Waals surface area contributed by atoms with Crippen LogP contribution in [0.2, 0.25) is 0 Å². The molecule has 1 aliphatic rings. The van der Waals surface area contributed by atoms with Crippen molar-refractivity contribution in [1.82, 2.24) is 0 Å². The number of nitrogens with two attached hydrogens (primary N) is 1. The third-order valence-electron chi connectivity index (χ3n) is 3.22. The van der Waals surface area contributed by atoms with Gasteiger partial charge in [0.15, 0.2) is 0 Å². The molecule has 1 aromatic rings. The maximum Gasteiger partial charge on any atom is 0.234 e. The van der Waals surface area contributed by atoms with E-state index in [0.29, 0.717) is 26.2 Å². The summed E-state index contributed by atoms with van der Waals surface area (Å²) in [5.41, 5.74) is 6.68. The summed E-state index contributed by atoms with van der Waals surface area (Å²) in [6.07, 6.45) is 0.295. The third-order valence-corrected chi connectivity index (χ3v) is 3.22. The maximum absolute atomic E-state index is 12.5. The van der Waals surface area contributed by atoms with Gasteiger partial charge in [-0.25, -0.2) is 0 Å². The number of para-hydroxylation sites is 1. The smallest absolute Gasteiger partial charge is 0.234 e. The van der Waals surface area contributed by atoms with Crippen LogP contribution in [-0.4, -0.2) is 31.7 Å². The summed E-state index contributed by atoms with van der Waals surface area (Å²) in [6, 6.07) is 11.1. The Bertz CT molecular complexity index is 469. The highest BCUT2D eigenvalue weighted by Crippen LogP contribution is 2.21. The Morgan fingerprint density at radius 1 is 1.42 bits per heavy atom. The zero-order valence-electron chi connectivity index (χ0n) is 10.7. The van der Waals surface area contributed by atoms with E-state index in [-0.39, 0.29) is 17.9 Å². The fourth-order valence-electron chi connectivity index (χ4n) is 2.16. The van der Waals surface area contributed by atoms with Gasteiger partial charge < -0.3 is 15.4 Å². The summed E-state index contributed by atoms with van der Waals surface area (Å²) < 4.78 is 5.24. The van der Waals surface area contributed by atoms with Gasteiger partial charge in [-0.3, -0.25) is 4.79 Å². The van der Waals surface area contributed by atoms with Gasteiger partial charge >= 0.3 is 0 Å². The molecular weight excluding hydrogens is 242 g/mol. The lowest BCUT2D eigenvalue weighted by Gasteiger charge is -2.25. The van der Waals surface area contributed by atoms with E-state index in [0.717, 1.165) is 5.69 Å².